The summed E-state index contributed by atoms with van der Waals surface area (Å²) in [6, 6.07) is 4.16. The number of nitrogens with zero attached hydrogens (tertiary/aromatic N) is 5. The van der Waals surface area contributed by atoms with Gasteiger partial charge in [0, 0.05) is 31.7 Å². The molecule has 1 aromatic carbocycles. The molecule has 2 aliphatic heterocycles. The second kappa shape index (κ2) is 10.7. The van der Waals surface area contributed by atoms with Gasteiger partial charge >= 0.3 is 5.97 Å². The summed E-state index contributed by atoms with van der Waals surface area (Å²) >= 11 is 0. The summed E-state index contributed by atoms with van der Waals surface area (Å²) in [5.41, 5.74) is 1.45. The van der Waals surface area contributed by atoms with E-state index in [-0.39, 0.29) is 49.9 Å². The number of hydrogen-bond donors (Lipinski definition) is 3. The van der Waals surface area contributed by atoms with Crippen LogP contribution in [0, 0.1) is 18.7 Å². The first-order valence-corrected chi connectivity index (χ1v) is 14.1. The Labute approximate surface area is 229 Å². The Kier molecular flexibility index (Phi) is 7.48. The van der Waals surface area contributed by atoms with Gasteiger partial charge in [-0.3, -0.25) is 9.59 Å². The Balaban J connectivity index is 1.51. The van der Waals surface area contributed by atoms with Crippen molar-refractivity contribution in [3.8, 4) is 0 Å². The summed E-state index contributed by atoms with van der Waals surface area (Å²) in [6.07, 6.45) is 2.10. The molecule has 4 heterocycles. The van der Waals surface area contributed by atoms with Gasteiger partial charge in [-0.1, -0.05) is 19.1 Å². The van der Waals surface area contributed by atoms with Crippen LogP contribution in [0.25, 0.3) is 0 Å². The molecule has 15 heteroatoms. The lowest BCUT2D eigenvalue weighted by atomic mass is 9.91. The Hall–Kier alpha value is -3.66. The van der Waals surface area contributed by atoms with Gasteiger partial charge in [0.1, 0.15) is 18.1 Å². The summed E-state index contributed by atoms with van der Waals surface area (Å²) in [7, 11) is -4.21. The molecule has 0 saturated carbocycles. The second-order valence-corrected chi connectivity index (χ2v) is 12.0. The number of aliphatic carboxylic acids is 1. The minimum atomic E-state index is -4.21. The molecule has 2 aliphatic rings. The number of aliphatic hydroxyl groups excluding tert-OH is 1. The maximum Gasteiger partial charge on any atom is 0.322 e. The number of halogens is 1. The molecule has 0 amide bonds. The SMILES string of the molecule is Cc1cocc1C(=O)n1nc(C2C(C)CN(S(=O)(=O)N3CCC(O)C3)C2C(=O)O)nc1NCc1ccc(F)cc1. The molecule has 0 spiro atoms. The molecule has 3 aromatic rings. The molecule has 13 nitrogen and oxygen atoms in total. The van der Waals surface area contributed by atoms with Crippen LogP contribution < -0.4 is 5.32 Å². The van der Waals surface area contributed by atoms with Crippen molar-refractivity contribution in [3.63, 3.8) is 0 Å². The summed E-state index contributed by atoms with van der Waals surface area (Å²) in [5, 5.41) is 27.4. The molecule has 214 valence electrons. The number of aromatic nitrogens is 3. The van der Waals surface area contributed by atoms with E-state index in [0.717, 1.165) is 13.3 Å². The third-order valence-corrected chi connectivity index (χ3v) is 9.25. The Morgan fingerprint density at radius 3 is 2.52 bits per heavy atom. The van der Waals surface area contributed by atoms with Crippen molar-refractivity contribution >= 4 is 28.0 Å². The molecule has 0 radical (unpaired) electrons. The van der Waals surface area contributed by atoms with E-state index in [0.29, 0.717) is 11.1 Å². The molecule has 2 fully saturated rings. The number of benzene rings is 1. The van der Waals surface area contributed by atoms with Gasteiger partial charge in [0.15, 0.2) is 5.82 Å². The maximum absolute atomic E-state index is 13.4. The summed E-state index contributed by atoms with van der Waals surface area (Å²) in [5.74, 6) is -3.88. The van der Waals surface area contributed by atoms with Crippen molar-refractivity contribution in [1.82, 2.24) is 23.4 Å². The fourth-order valence-corrected chi connectivity index (χ4v) is 7.11. The molecule has 5 rings (SSSR count). The fraction of sp³-hybridized carbons (Fsp3) is 0.440. The van der Waals surface area contributed by atoms with Gasteiger partial charge in [0.2, 0.25) is 5.95 Å². The van der Waals surface area contributed by atoms with Crippen LogP contribution in [-0.2, 0) is 21.5 Å². The normalized spacial score (nSPS) is 24.0. The van der Waals surface area contributed by atoms with Crippen LogP contribution in [0.4, 0.5) is 10.3 Å². The highest BCUT2D eigenvalue weighted by molar-refractivity contribution is 7.86. The quantitative estimate of drug-likeness (QED) is 0.356. The molecule has 2 aromatic heterocycles. The highest BCUT2D eigenvalue weighted by Gasteiger charge is 2.53. The van der Waals surface area contributed by atoms with Crippen LogP contribution in [0.5, 0.6) is 0 Å². The van der Waals surface area contributed by atoms with E-state index in [1.807, 2.05) is 0 Å². The highest BCUT2D eigenvalue weighted by Crippen LogP contribution is 2.40. The number of carbonyl (C=O) groups excluding carboxylic acids is 1. The third-order valence-electron chi connectivity index (χ3n) is 7.30. The van der Waals surface area contributed by atoms with Gasteiger partial charge < -0.3 is 19.9 Å². The van der Waals surface area contributed by atoms with Crippen molar-refractivity contribution < 1.29 is 37.0 Å². The average Bonchev–Trinajstić information content (AvgIpc) is 3.69. The van der Waals surface area contributed by atoms with E-state index in [1.165, 1.54) is 24.7 Å². The zero-order valence-electron chi connectivity index (χ0n) is 21.8. The van der Waals surface area contributed by atoms with Crippen molar-refractivity contribution in [2.45, 2.75) is 44.9 Å². The molecular formula is C25H29FN6O7S. The lowest BCUT2D eigenvalue weighted by molar-refractivity contribution is -0.141. The minimum Gasteiger partial charge on any atom is -0.480 e. The number of carboxylic acids is 1. The smallest absolute Gasteiger partial charge is 0.322 e. The number of furan rings is 1. The number of hydrogen-bond acceptors (Lipinski definition) is 9. The summed E-state index contributed by atoms with van der Waals surface area (Å²) in [4.78, 5) is 30.4. The third kappa shape index (κ3) is 5.12. The van der Waals surface area contributed by atoms with Gasteiger partial charge in [-0.2, -0.15) is 26.7 Å². The second-order valence-electron chi connectivity index (χ2n) is 10.1. The van der Waals surface area contributed by atoms with E-state index in [9.17, 15) is 32.6 Å². The van der Waals surface area contributed by atoms with E-state index in [1.54, 1.807) is 26.0 Å². The van der Waals surface area contributed by atoms with Gasteiger partial charge in [-0.05, 0) is 37.0 Å². The average molecular weight is 577 g/mol. The Morgan fingerprint density at radius 1 is 1.20 bits per heavy atom. The van der Waals surface area contributed by atoms with Gasteiger partial charge in [0.05, 0.1) is 23.8 Å². The zero-order chi connectivity index (χ0) is 28.8. The van der Waals surface area contributed by atoms with Crippen molar-refractivity contribution in [2.24, 2.45) is 5.92 Å². The predicted molar refractivity (Wildman–Crippen MR) is 138 cm³/mol. The number of rotatable bonds is 8. The molecule has 3 N–H and O–H groups in total. The van der Waals surface area contributed by atoms with Crippen molar-refractivity contribution in [2.75, 3.05) is 25.0 Å². The minimum absolute atomic E-state index is 0.00485. The van der Waals surface area contributed by atoms with Crippen LogP contribution in [0.15, 0.2) is 41.2 Å². The van der Waals surface area contributed by atoms with Crippen molar-refractivity contribution in [1.29, 1.82) is 0 Å². The lowest BCUT2D eigenvalue weighted by Crippen LogP contribution is -2.49. The largest absolute Gasteiger partial charge is 0.480 e. The fourth-order valence-electron chi connectivity index (χ4n) is 5.18. The monoisotopic (exact) mass is 576 g/mol. The number of β-amino-alcohol motifs (C(OH)–C–C–N with tert-alkyl or cyclic N) is 1. The van der Waals surface area contributed by atoms with Gasteiger partial charge in [-0.15, -0.1) is 5.10 Å². The molecule has 40 heavy (non-hydrogen) atoms. The van der Waals surface area contributed by atoms with E-state index in [4.69, 9.17) is 4.42 Å². The molecule has 4 unspecified atom stereocenters. The lowest BCUT2D eigenvalue weighted by Gasteiger charge is -2.27. The standard InChI is InChI=1S/C25H29FN6O7S/c1-14-10-31(40(37,38)30-8-7-18(33)11-30)21(24(35)36)20(14)22-28-25(27-9-16-3-5-17(26)6-4-16)32(29-22)23(34)19-13-39-12-15(19)2/h3-6,12-14,18,20-21,33H,7-11H2,1-2H3,(H,35,36)(H,27,28,29). The van der Waals surface area contributed by atoms with Crippen LogP contribution >= 0.6 is 0 Å². The predicted octanol–water partition coefficient (Wildman–Crippen LogP) is 1.42. The first-order valence-electron chi connectivity index (χ1n) is 12.7. The van der Waals surface area contributed by atoms with Gasteiger partial charge in [0.25, 0.3) is 16.1 Å². The Morgan fingerprint density at radius 2 is 1.93 bits per heavy atom. The first kappa shape index (κ1) is 27.9. The number of carbonyl (C=O) groups is 2. The molecule has 2 saturated heterocycles. The van der Waals surface area contributed by atoms with E-state index in [2.05, 4.69) is 15.4 Å². The van der Waals surface area contributed by atoms with Crippen LogP contribution in [0.1, 0.15) is 46.6 Å². The Bertz CT molecular complexity index is 1520. The van der Waals surface area contributed by atoms with Crippen LogP contribution in [0.2, 0.25) is 0 Å². The topological polar surface area (TPSA) is 171 Å². The number of nitrogens with one attached hydrogen (secondary N) is 1. The van der Waals surface area contributed by atoms with E-state index >= 15 is 0 Å². The summed E-state index contributed by atoms with van der Waals surface area (Å²) < 4.78 is 48.3. The van der Waals surface area contributed by atoms with Crippen LogP contribution in [-0.4, -0.2) is 85.7 Å². The van der Waals surface area contributed by atoms with Crippen molar-refractivity contribution in [3.05, 3.63) is 65.1 Å². The highest BCUT2D eigenvalue weighted by atomic mass is 32.2. The van der Waals surface area contributed by atoms with E-state index < -0.39 is 51.9 Å². The maximum atomic E-state index is 13.4. The number of anilines is 1. The molecule has 4 atom stereocenters. The number of carboxylic acid groups (broad SMARTS) is 1. The number of aryl methyl sites for hydroxylation is 1. The van der Waals surface area contributed by atoms with Crippen LogP contribution in [0.3, 0.4) is 0 Å². The first-order chi connectivity index (χ1) is 19.0. The summed E-state index contributed by atoms with van der Waals surface area (Å²) in [6.45, 7) is 3.37. The zero-order valence-corrected chi connectivity index (χ0v) is 22.6. The van der Waals surface area contributed by atoms with Gasteiger partial charge in [-0.25, -0.2) is 4.39 Å². The number of aliphatic hydroxyl groups is 1. The molecule has 0 aliphatic carbocycles. The molecule has 0 bridgehead atoms. The molecular weight excluding hydrogens is 547 g/mol.